The summed E-state index contributed by atoms with van der Waals surface area (Å²) in [5.74, 6) is -2.06. The van der Waals surface area contributed by atoms with Crippen LogP contribution in [0.1, 0.15) is 66.2 Å². The Morgan fingerprint density at radius 3 is 2.03 bits per heavy atom. The summed E-state index contributed by atoms with van der Waals surface area (Å²) in [4.78, 5) is 50.2. The number of aliphatic carboxylic acids is 1. The predicted octanol–water partition coefficient (Wildman–Crippen LogP) is 0.827. The molecule has 5 unspecified atom stereocenters. The van der Waals surface area contributed by atoms with Gasteiger partial charge in [0.25, 0.3) is 0 Å². The van der Waals surface area contributed by atoms with Crippen LogP contribution in [-0.2, 0) is 19.2 Å². The number of hydrogen-bond donors (Lipinski definition) is 6. The van der Waals surface area contributed by atoms with Crippen LogP contribution in [0.25, 0.3) is 0 Å². The molecule has 0 radical (unpaired) electrons. The summed E-state index contributed by atoms with van der Waals surface area (Å²) in [6.45, 7) is 8.06. The van der Waals surface area contributed by atoms with Gasteiger partial charge in [0.1, 0.15) is 18.1 Å². The van der Waals surface area contributed by atoms with Crippen LogP contribution in [0.5, 0.6) is 0 Å². The van der Waals surface area contributed by atoms with E-state index in [-0.39, 0.29) is 18.3 Å². The third-order valence-electron chi connectivity index (χ3n) is 5.66. The van der Waals surface area contributed by atoms with Crippen molar-refractivity contribution < 1.29 is 24.3 Å². The lowest BCUT2D eigenvalue weighted by molar-refractivity contribution is -0.142. The molecule has 11 heteroatoms. The first-order chi connectivity index (χ1) is 16.0. The fourth-order valence-corrected chi connectivity index (χ4v) is 3.84. The fraction of sp³-hybridized carbons (Fsp3) is 0.826. The van der Waals surface area contributed by atoms with Crippen molar-refractivity contribution in [1.29, 1.82) is 0 Å². The van der Waals surface area contributed by atoms with E-state index in [1.165, 1.54) is 11.8 Å². The number of thioether (sulfide) groups is 1. The van der Waals surface area contributed by atoms with E-state index >= 15 is 0 Å². The second-order valence-corrected chi connectivity index (χ2v) is 10.1. The normalized spacial score (nSPS) is 15.6. The van der Waals surface area contributed by atoms with Gasteiger partial charge in [0.2, 0.25) is 17.7 Å². The van der Waals surface area contributed by atoms with E-state index < -0.39 is 47.9 Å². The number of carboxylic acid groups (broad SMARTS) is 1. The van der Waals surface area contributed by atoms with E-state index in [9.17, 15) is 24.3 Å². The highest BCUT2D eigenvalue weighted by Crippen LogP contribution is 2.12. The molecule has 0 aromatic rings. The number of carbonyl (C=O) groups is 4. The van der Waals surface area contributed by atoms with E-state index in [1.807, 2.05) is 34.0 Å². The number of unbranched alkanes of at least 4 members (excludes halogenated alkanes) is 1. The molecular formula is C23H45N5O5S. The van der Waals surface area contributed by atoms with Crippen molar-refractivity contribution in [2.75, 3.05) is 18.6 Å². The summed E-state index contributed by atoms with van der Waals surface area (Å²) in [5.41, 5.74) is 11.5. The SMILES string of the molecule is CCC(C)C(NC(=O)C(CCCCN)NC(=O)C(N)CC(C)C)C(=O)NC(CCSC)C(=O)O. The third-order valence-corrected chi connectivity index (χ3v) is 6.30. The smallest absolute Gasteiger partial charge is 0.326 e. The molecule has 0 fully saturated rings. The average molecular weight is 504 g/mol. The van der Waals surface area contributed by atoms with Gasteiger partial charge in [-0.25, -0.2) is 4.79 Å². The van der Waals surface area contributed by atoms with E-state index in [4.69, 9.17) is 11.5 Å². The van der Waals surface area contributed by atoms with E-state index in [0.717, 1.165) is 0 Å². The minimum absolute atomic E-state index is 0.219. The van der Waals surface area contributed by atoms with E-state index in [1.54, 1.807) is 0 Å². The summed E-state index contributed by atoms with van der Waals surface area (Å²) in [7, 11) is 0. The van der Waals surface area contributed by atoms with Gasteiger partial charge >= 0.3 is 5.97 Å². The molecule has 0 rings (SSSR count). The highest BCUT2D eigenvalue weighted by Gasteiger charge is 2.32. The van der Waals surface area contributed by atoms with Crippen molar-refractivity contribution >= 4 is 35.5 Å². The lowest BCUT2D eigenvalue weighted by Gasteiger charge is -2.28. The minimum Gasteiger partial charge on any atom is -0.480 e. The molecule has 0 aliphatic rings. The van der Waals surface area contributed by atoms with Gasteiger partial charge in [0.15, 0.2) is 0 Å². The molecule has 0 spiro atoms. The molecule has 0 aromatic heterocycles. The highest BCUT2D eigenvalue weighted by atomic mass is 32.2. The molecule has 0 heterocycles. The molecule has 0 saturated heterocycles. The van der Waals surface area contributed by atoms with Gasteiger partial charge in [-0.1, -0.05) is 34.1 Å². The first-order valence-corrected chi connectivity index (χ1v) is 13.5. The fourth-order valence-electron chi connectivity index (χ4n) is 3.37. The van der Waals surface area contributed by atoms with Crippen LogP contribution < -0.4 is 27.4 Å². The van der Waals surface area contributed by atoms with Gasteiger partial charge in [-0.3, -0.25) is 14.4 Å². The topological polar surface area (TPSA) is 177 Å². The van der Waals surface area contributed by atoms with Gasteiger partial charge in [0.05, 0.1) is 6.04 Å². The lowest BCUT2D eigenvalue weighted by atomic mass is 9.96. The maximum absolute atomic E-state index is 13.1. The van der Waals surface area contributed by atoms with Crippen molar-refractivity contribution in [3.05, 3.63) is 0 Å². The second kappa shape index (κ2) is 17.6. The van der Waals surface area contributed by atoms with Gasteiger partial charge < -0.3 is 32.5 Å². The molecule has 0 aliphatic heterocycles. The Bertz CT molecular complexity index is 649. The zero-order valence-corrected chi connectivity index (χ0v) is 22.1. The lowest BCUT2D eigenvalue weighted by Crippen LogP contribution is -2.58. The van der Waals surface area contributed by atoms with Crippen molar-refractivity contribution in [3.8, 4) is 0 Å². The molecule has 34 heavy (non-hydrogen) atoms. The number of carbonyl (C=O) groups excluding carboxylic acids is 3. The summed E-state index contributed by atoms with van der Waals surface area (Å²) < 4.78 is 0. The number of rotatable bonds is 18. The second-order valence-electron chi connectivity index (χ2n) is 9.13. The summed E-state index contributed by atoms with van der Waals surface area (Å²) in [5, 5.41) is 17.5. The van der Waals surface area contributed by atoms with Crippen LogP contribution in [0.2, 0.25) is 0 Å². The standard InChI is InChI=1S/C23H45N5O5S/c1-6-15(4)19(22(31)27-18(23(32)33)10-12-34-5)28-21(30)17(9-7-8-11-24)26-20(29)16(25)13-14(2)3/h14-19H,6-13,24-25H2,1-5H3,(H,26,29)(H,27,31)(H,28,30)(H,32,33). The Morgan fingerprint density at radius 1 is 0.912 bits per heavy atom. The number of carboxylic acids is 1. The summed E-state index contributed by atoms with van der Waals surface area (Å²) >= 11 is 1.49. The molecule has 0 bridgehead atoms. The van der Waals surface area contributed by atoms with Crippen LogP contribution in [-0.4, -0.2) is 71.5 Å². The Balaban J connectivity index is 5.51. The van der Waals surface area contributed by atoms with Crippen LogP contribution in [0.3, 0.4) is 0 Å². The monoisotopic (exact) mass is 503 g/mol. The number of nitrogens with one attached hydrogen (secondary N) is 3. The molecular weight excluding hydrogens is 458 g/mol. The van der Waals surface area contributed by atoms with Crippen LogP contribution in [0, 0.1) is 11.8 Å². The van der Waals surface area contributed by atoms with Crippen molar-refractivity contribution in [1.82, 2.24) is 16.0 Å². The van der Waals surface area contributed by atoms with Crippen LogP contribution in [0.15, 0.2) is 0 Å². The molecule has 8 N–H and O–H groups in total. The molecule has 0 aromatic carbocycles. The van der Waals surface area contributed by atoms with E-state index in [0.29, 0.717) is 44.4 Å². The maximum Gasteiger partial charge on any atom is 0.326 e. The number of nitrogens with two attached hydrogens (primary N) is 2. The van der Waals surface area contributed by atoms with Gasteiger partial charge in [0, 0.05) is 0 Å². The quantitative estimate of drug-likeness (QED) is 0.149. The maximum atomic E-state index is 13.1. The zero-order valence-electron chi connectivity index (χ0n) is 21.3. The van der Waals surface area contributed by atoms with Gasteiger partial charge in [-0.15, -0.1) is 0 Å². The van der Waals surface area contributed by atoms with E-state index in [2.05, 4.69) is 16.0 Å². The summed E-state index contributed by atoms with van der Waals surface area (Å²) in [6, 6.07) is -3.60. The molecule has 10 nitrogen and oxygen atoms in total. The molecule has 198 valence electrons. The van der Waals surface area contributed by atoms with Crippen molar-refractivity contribution in [3.63, 3.8) is 0 Å². The Kier molecular flexibility index (Phi) is 16.6. The third kappa shape index (κ3) is 12.6. The largest absolute Gasteiger partial charge is 0.480 e. The van der Waals surface area contributed by atoms with Crippen LogP contribution in [0.4, 0.5) is 0 Å². The number of amides is 3. The molecule has 0 saturated carbocycles. The predicted molar refractivity (Wildman–Crippen MR) is 136 cm³/mol. The minimum atomic E-state index is -1.12. The van der Waals surface area contributed by atoms with Gasteiger partial charge in [-0.05, 0) is 62.5 Å². The first kappa shape index (κ1) is 32.1. The van der Waals surface area contributed by atoms with Crippen molar-refractivity contribution in [2.45, 2.75) is 90.4 Å². The first-order valence-electron chi connectivity index (χ1n) is 12.1. The summed E-state index contributed by atoms with van der Waals surface area (Å²) in [6.07, 6.45) is 4.85. The molecule has 3 amide bonds. The highest BCUT2D eigenvalue weighted by molar-refractivity contribution is 7.98. The zero-order chi connectivity index (χ0) is 26.3. The molecule has 0 aliphatic carbocycles. The Morgan fingerprint density at radius 2 is 1.53 bits per heavy atom. The van der Waals surface area contributed by atoms with Crippen molar-refractivity contribution in [2.24, 2.45) is 23.3 Å². The molecule has 5 atom stereocenters. The van der Waals surface area contributed by atoms with Crippen LogP contribution >= 0.6 is 11.8 Å². The van der Waals surface area contributed by atoms with Gasteiger partial charge in [-0.2, -0.15) is 11.8 Å². The Hall–Kier alpha value is -1.85. The Labute approximate surface area is 208 Å². The average Bonchev–Trinajstić information content (AvgIpc) is 2.77. The number of hydrogen-bond acceptors (Lipinski definition) is 7.